The van der Waals surface area contributed by atoms with Gasteiger partial charge in [-0.05, 0) is 49.1 Å². The number of carbonyl (C=O) groups is 1. The van der Waals surface area contributed by atoms with Gasteiger partial charge in [0.15, 0.2) is 11.4 Å². The summed E-state index contributed by atoms with van der Waals surface area (Å²) < 4.78 is 1.16. The van der Waals surface area contributed by atoms with Gasteiger partial charge >= 0.3 is 0 Å². The number of aromatic nitrogens is 4. The minimum Gasteiger partial charge on any atom is -0.493 e. The molecule has 4 heterocycles. The van der Waals surface area contributed by atoms with Crippen molar-refractivity contribution in [1.29, 1.82) is 0 Å². The van der Waals surface area contributed by atoms with Crippen molar-refractivity contribution in [3.8, 4) is 5.88 Å². The second kappa shape index (κ2) is 10.7. The van der Waals surface area contributed by atoms with E-state index < -0.39 is 22.9 Å². The van der Waals surface area contributed by atoms with Crippen LogP contribution in [0.3, 0.4) is 0 Å². The number of hydrogen-bond donors (Lipinski definition) is 4. The van der Waals surface area contributed by atoms with E-state index in [4.69, 9.17) is 17.3 Å². The maximum atomic E-state index is 13.0. The molecule has 4 aromatic rings. The van der Waals surface area contributed by atoms with Crippen LogP contribution in [0.25, 0.3) is 5.65 Å². The Morgan fingerprint density at radius 2 is 2.00 bits per heavy atom. The molecule has 0 bridgehead atoms. The van der Waals surface area contributed by atoms with Gasteiger partial charge in [0, 0.05) is 24.2 Å². The van der Waals surface area contributed by atoms with Gasteiger partial charge in [0.25, 0.3) is 17.0 Å². The molecule has 1 amide bonds. The number of amides is 1. The van der Waals surface area contributed by atoms with Gasteiger partial charge in [0.05, 0.1) is 21.9 Å². The van der Waals surface area contributed by atoms with E-state index in [1.54, 1.807) is 36.5 Å². The maximum absolute atomic E-state index is 13.0. The average molecular weight is 568 g/mol. The Morgan fingerprint density at radius 3 is 2.72 bits per heavy atom. The summed E-state index contributed by atoms with van der Waals surface area (Å²) in [4.78, 5) is 52.3. The van der Waals surface area contributed by atoms with E-state index in [1.165, 1.54) is 24.0 Å². The first-order valence-electron chi connectivity index (χ1n) is 12.2. The minimum atomic E-state index is -0.862. The first-order valence-corrected chi connectivity index (χ1v) is 13.4. The predicted molar refractivity (Wildman–Crippen MR) is 150 cm³/mol. The zero-order valence-corrected chi connectivity index (χ0v) is 22.6. The molecule has 0 spiro atoms. The quantitative estimate of drug-likeness (QED) is 0.274. The Hall–Kier alpha value is -3.87. The van der Waals surface area contributed by atoms with Crippen LogP contribution >= 0.6 is 23.4 Å². The Kier molecular flexibility index (Phi) is 7.34. The average Bonchev–Trinajstić information content (AvgIpc) is 2.92. The van der Waals surface area contributed by atoms with Crippen LogP contribution in [0.2, 0.25) is 5.02 Å². The van der Waals surface area contributed by atoms with Gasteiger partial charge in [-0.15, -0.1) is 0 Å². The standard InChI is InChI=1S/C26H26ClN7O4S/c1-26(14-28)8-11-33(12-9-26)21-24(37)32-18(13-29-21)39-16-6-4-5-15(20(16)27)30-22(35)19-23(36)31-17-7-2-3-10-34(17)25(19)38/h2-7,10,13,36H,8-9,11-12,14,28H2,1H3,(H,30,35)(H,32,37). The smallest absolute Gasteiger partial charge is 0.291 e. The fourth-order valence-electron chi connectivity index (χ4n) is 4.38. The summed E-state index contributed by atoms with van der Waals surface area (Å²) >= 11 is 7.74. The SMILES string of the molecule is CC1(CN)CCN(c2ncc(Sc3cccc(NC(=O)c4c(O)nc5ccccn5c4=O)c3Cl)[nH]c2=O)CC1. The highest BCUT2D eigenvalue weighted by atomic mass is 35.5. The molecule has 1 saturated heterocycles. The van der Waals surface area contributed by atoms with Crippen LogP contribution in [0, 0.1) is 5.41 Å². The summed E-state index contributed by atoms with van der Waals surface area (Å²) in [6.45, 7) is 4.17. The number of nitrogens with two attached hydrogens (primary N) is 1. The molecule has 0 atom stereocenters. The van der Waals surface area contributed by atoms with Crippen molar-refractivity contribution in [2.45, 2.75) is 29.7 Å². The molecule has 3 aromatic heterocycles. The fourth-order valence-corrected chi connectivity index (χ4v) is 5.50. The molecule has 13 heteroatoms. The number of fused-ring (bicyclic) bond motifs is 1. The van der Waals surface area contributed by atoms with Gasteiger partial charge in [0.1, 0.15) is 5.65 Å². The van der Waals surface area contributed by atoms with Crippen molar-refractivity contribution in [2.75, 3.05) is 29.9 Å². The van der Waals surface area contributed by atoms with Crippen LogP contribution in [-0.4, -0.2) is 50.0 Å². The molecule has 0 saturated carbocycles. The second-order valence-electron chi connectivity index (χ2n) is 9.62. The number of rotatable bonds is 6. The van der Waals surface area contributed by atoms with Gasteiger partial charge in [0.2, 0.25) is 5.88 Å². The highest BCUT2D eigenvalue weighted by Gasteiger charge is 2.30. The number of aromatic hydroxyl groups is 1. The summed E-state index contributed by atoms with van der Waals surface area (Å²) in [6.07, 6.45) is 4.79. The zero-order chi connectivity index (χ0) is 27.7. The number of halogens is 1. The molecule has 0 aliphatic carbocycles. The van der Waals surface area contributed by atoms with Gasteiger partial charge < -0.3 is 26.0 Å². The highest BCUT2D eigenvalue weighted by molar-refractivity contribution is 7.99. The largest absolute Gasteiger partial charge is 0.493 e. The number of hydrogen-bond acceptors (Lipinski definition) is 9. The molecule has 11 nitrogen and oxygen atoms in total. The first-order chi connectivity index (χ1) is 18.7. The lowest BCUT2D eigenvalue weighted by Gasteiger charge is -2.38. The van der Waals surface area contributed by atoms with Crippen molar-refractivity contribution >= 4 is 46.4 Å². The molecular formula is C26H26ClN7O4S. The van der Waals surface area contributed by atoms with Gasteiger partial charge in [-0.2, -0.15) is 4.98 Å². The van der Waals surface area contributed by atoms with Crippen LogP contribution in [0.4, 0.5) is 11.5 Å². The third kappa shape index (κ3) is 5.35. The number of aromatic amines is 1. The van der Waals surface area contributed by atoms with E-state index in [-0.39, 0.29) is 27.3 Å². The molecule has 5 rings (SSSR count). The lowest BCUT2D eigenvalue weighted by Crippen LogP contribution is -2.44. The third-order valence-electron chi connectivity index (χ3n) is 6.88. The number of anilines is 2. The summed E-state index contributed by atoms with van der Waals surface area (Å²) in [7, 11) is 0. The maximum Gasteiger partial charge on any atom is 0.291 e. The highest BCUT2D eigenvalue weighted by Crippen LogP contribution is 2.37. The molecule has 1 fully saturated rings. The Bertz CT molecular complexity index is 1680. The molecule has 1 aliphatic heterocycles. The molecule has 1 aliphatic rings. The predicted octanol–water partition coefficient (Wildman–Crippen LogP) is 3.11. The van der Waals surface area contributed by atoms with Crippen LogP contribution < -0.4 is 27.1 Å². The van der Waals surface area contributed by atoms with E-state index in [1.807, 2.05) is 4.90 Å². The Balaban J connectivity index is 1.34. The summed E-state index contributed by atoms with van der Waals surface area (Å²) in [5.41, 5.74) is 4.84. The van der Waals surface area contributed by atoms with Gasteiger partial charge in [-0.25, -0.2) is 4.98 Å². The van der Waals surface area contributed by atoms with Crippen LogP contribution in [0.5, 0.6) is 5.88 Å². The lowest BCUT2D eigenvalue weighted by atomic mass is 9.80. The van der Waals surface area contributed by atoms with E-state index >= 15 is 0 Å². The molecule has 0 radical (unpaired) electrons. The van der Waals surface area contributed by atoms with Crippen molar-refractivity contribution in [3.63, 3.8) is 0 Å². The van der Waals surface area contributed by atoms with Crippen molar-refractivity contribution in [1.82, 2.24) is 19.4 Å². The third-order valence-corrected chi connectivity index (χ3v) is 8.39. The van der Waals surface area contributed by atoms with Crippen molar-refractivity contribution in [3.05, 3.63) is 80.1 Å². The fraction of sp³-hybridized carbons (Fsp3) is 0.269. The molecule has 5 N–H and O–H groups in total. The molecule has 1 aromatic carbocycles. The van der Waals surface area contributed by atoms with E-state index in [0.717, 1.165) is 17.2 Å². The van der Waals surface area contributed by atoms with E-state index in [0.29, 0.717) is 35.4 Å². The lowest BCUT2D eigenvalue weighted by molar-refractivity contribution is 0.102. The van der Waals surface area contributed by atoms with Crippen LogP contribution in [0.15, 0.2) is 68.3 Å². The van der Waals surface area contributed by atoms with Gasteiger partial charge in [-0.3, -0.25) is 18.8 Å². The van der Waals surface area contributed by atoms with Crippen LogP contribution in [0.1, 0.15) is 30.1 Å². The number of nitrogens with zero attached hydrogens (tertiary/aromatic N) is 4. The number of benzene rings is 1. The molecular weight excluding hydrogens is 542 g/mol. The second-order valence-corrected chi connectivity index (χ2v) is 11.1. The molecule has 39 heavy (non-hydrogen) atoms. The van der Waals surface area contributed by atoms with Crippen LogP contribution in [-0.2, 0) is 0 Å². The Morgan fingerprint density at radius 1 is 1.23 bits per heavy atom. The molecule has 202 valence electrons. The Labute approximate surface area is 232 Å². The zero-order valence-electron chi connectivity index (χ0n) is 21.0. The van der Waals surface area contributed by atoms with E-state index in [9.17, 15) is 19.5 Å². The summed E-state index contributed by atoms with van der Waals surface area (Å²) in [6, 6.07) is 9.75. The van der Waals surface area contributed by atoms with Crippen molar-refractivity contribution in [2.24, 2.45) is 11.1 Å². The van der Waals surface area contributed by atoms with Gasteiger partial charge in [-0.1, -0.05) is 42.4 Å². The number of nitrogens with one attached hydrogen (secondary N) is 2. The topological polar surface area (TPSA) is 159 Å². The molecule has 0 unspecified atom stereocenters. The van der Waals surface area contributed by atoms with E-state index in [2.05, 4.69) is 27.2 Å². The number of H-pyrrole nitrogens is 1. The number of carbonyl (C=O) groups excluding carboxylic acids is 1. The monoisotopic (exact) mass is 567 g/mol. The minimum absolute atomic E-state index is 0.0773. The van der Waals surface area contributed by atoms with Crippen molar-refractivity contribution < 1.29 is 9.90 Å². The number of pyridine rings is 1. The first kappa shape index (κ1) is 26.7. The summed E-state index contributed by atoms with van der Waals surface area (Å²) in [5.74, 6) is -1.19. The normalized spacial score (nSPS) is 14.9. The summed E-state index contributed by atoms with van der Waals surface area (Å²) in [5, 5.41) is 13.5. The number of piperidine rings is 1.